The number of nitrogens with zero attached hydrogens (tertiary/aromatic N) is 3. The number of fused-ring (bicyclic) bond motifs is 8. The highest BCUT2D eigenvalue weighted by Gasteiger charge is 2.20. The Labute approximate surface area is 344 Å². The fraction of sp³-hybridized carbons (Fsp3) is 0. The molecule has 0 aliphatic rings. The summed E-state index contributed by atoms with van der Waals surface area (Å²) in [4.78, 5) is 15.9. The van der Waals surface area contributed by atoms with Crippen molar-refractivity contribution in [1.82, 2.24) is 15.0 Å². The van der Waals surface area contributed by atoms with Crippen molar-refractivity contribution in [3.05, 3.63) is 200 Å². The molecule has 4 heterocycles. The molecule has 12 aromatic rings. The maximum absolute atomic E-state index is 6.63. The molecule has 5 heteroatoms. The Morgan fingerprint density at radius 1 is 0.300 bits per heavy atom. The van der Waals surface area contributed by atoms with E-state index in [0.717, 1.165) is 111 Å². The highest BCUT2D eigenvalue weighted by Crippen LogP contribution is 2.43. The predicted molar refractivity (Wildman–Crippen MR) is 245 cm³/mol. The largest absolute Gasteiger partial charge is 0.456 e. The minimum absolute atomic E-state index is 0.653. The summed E-state index contributed by atoms with van der Waals surface area (Å²) < 4.78 is 12.9. The van der Waals surface area contributed by atoms with Crippen molar-refractivity contribution in [3.8, 4) is 67.4 Å². The third kappa shape index (κ3) is 5.75. The van der Waals surface area contributed by atoms with E-state index in [-0.39, 0.29) is 0 Å². The molecule has 5 nitrogen and oxygen atoms in total. The summed E-state index contributed by atoms with van der Waals surface area (Å²) in [6, 6.07) is 69.1. The molecule has 0 aliphatic heterocycles. The second kappa shape index (κ2) is 13.8. The van der Waals surface area contributed by atoms with E-state index in [2.05, 4.69) is 140 Å². The number of aromatic nitrogens is 3. The number of benzene rings is 8. The molecule has 60 heavy (non-hydrogen) atoms. The monoisotopic (exact) mass is 767 g/mol. The molecule has 0 bridgehead atoms. The average molecular weight is 768 g/mol. The molecular formula is C55H33N3O2. The van der Waals surface area contributed by atoms with Crippen LogP contribution in [-0.2, 0) is 0 Å². The first-order chi connectivity index (χ1) is 29.7. The molecule has 8 aromatic carbocycles. The average Bonchev–Trinajstić information content (AvgIpc) is 3.91. The van der Waals surface area contributed by atoms with Gasteiger partial charge in [-0.25, -0.2) is 15.0 Å². The lowest BCUT2D eigenvalue weighted by Gasteiger charge is -2.14. The Kier molecular flexibility index (Phi) is 7.78. The first kappa shape index (κ1) is 33.9. The molecule has 0 unspecified atom stereocenters. The lowest BCUT2D eigenvalue weighted by atomic mass is 9.93. The number of furan rings is 2. The van der Waals surface area contributed by atoms with Crippen LogP contribution in [0.5, 0.6) is 0 Å². The smallest absolute Gasteiger partial charge is 0.160 e. The van der Waals surface area contributed by atoms with Crippen LogP contribution in [0.15, 0.2) is 209 Å². The SMILES string of the molecule is c1ccc(-c2ccc(-c3cc(-c4cc(-c5ccc6oc7ccccc7c6c5)cc(-c5nc6ccccc6c6oc7ccccc7c56)c4)nc(-c4ccccc4)n3)cc2)cc1. The maximum atomic E-state index is 6.63. The van der Waals surface area contributed by atoms with Crippen LogP contribution < -0.4 is 0 Å². The Morgan fingerprint density at radius 2 is 0.850 bits per heavy atom. The Morgan fingerprint density at radius 3 is 1.63 bits per heavy atom. The normalized spacial score (nSPS) is 11.7. The van der Waals surface area contributed by atoms with E-state index in [1.165, 1.54) is 5.56 Å². The molecule has 0 spiro atoms. The summed E-state index contributed by atoms with van der Waals surface area (Å²) in [7, 11) is 0. The summed E-state index contributed by atoms with van der Waals surface area (Å²) in [5, 5.41) is 5.13. The van der Waals surface area contributed by atoms with Crippen molar-refractivity contribution in [2.75, 3.05) is 0 Å². The highest BCUT2D eigenvalue weighted by molar-refractivity contribution is 6.19. The summed E-state index contributed by atoms with van der Waals surface area (Å²) >= 11 is 0. The first-order valence-electron chi connectivity index (χ1n) is 20.1. The zero-order valence-electron chi connectivity index (χ0n) is 32.2. The minimum atomic E-state index is 0.653. The molecule has 0 amide bonds. The van der Waals surface area contributed by atoms with Gasteiger partial charge in [0.2, 0.25) is 0 Å². The second-order valence-electron chi connectivity index (χ2n) is 15.2. The van der Waals surface area contributed by atoms with Gasteiger partial charge < -0.3 is 8.83 Å². The zero-order valence-corrected chi connectivity index (χ0v) is 32.2. The highest BCUT2D eigenvalue weighted by atomic mass is 16.3. The van der Waals surface area contributed by atoms with Crippen molar-refractivity contribution < 1.29 is 8.83 Å². The lowest BCUT2D eigenvalue weighted by molar-refractivity contribution is 0.669. The molecule has 280 valence electrons. The van der Waals surface area contributed by atoms with Crippen LogP contribution in [0.2, 0.25) is 0 Å². The van der Waals surface area contributed by atoms with E-state index >= 15 is 0 Å². The van der Waals surface area contributed by atoms with E-state index in [1.807, 2.05) is 60.7 Å². The number of pyridine rings is 1. The van der Waals surface area contributed by atoms with Gasteiger partial charge in [0.1, 0.15) is 22.3 Å². The van der Waals surface area contributed by atoms with E-state index in [9.17, 15) is 0 Å². The zero-order chi connectivity index (χ0) is 39.6. The molecule has 0 radical (unpaired) electrons. The third-order valence-corrected chi connectivity index (χ3v) is 11.5. The van der Waals surface area contributed by atoms with Crippen molar-refractivity contribution >= 4 is 54.8 Å². The number of rotatable bonds is 6. The molecule has 0 saturated carbocycles. The van der Waals surface area contributed by atoms with Crippen LogP contribution >= 0.6 is 0 Å². The Bertz CT molecular complexity index is 3590. The number of hydrogen-bond donors (Lipinski definition) is 0. The fourth-order valence-electron chi connectivity index (χ4n) is 8.53. The Balaban J connectivity index is 1.11. The van der Waals surface area contributed by atoms with Gasteiger partial charge in [-0.2, -0.15) is 0 Å². The molecule has 0 aliphatic carbocycles. The first-order valence-corrected chi connectivity index (χ1v) is 20.1. The third-order valence-electron chi connectivity index (χ3n) is 11.5. The molecule has 12 rings (SSSR count). The standard InChI is InChI=1S/C55H33N3O2/c1-3-13-34(14-4-1)35-23-25-36(26-24-35)47-33-48(58-55(57-47)37-15-5-2-6-16-37)40-29-39(38-27-28-51-45(32-38)42-17-8-11-21-49(42)59-51)30-41(31-40)53-52-44-19-9-12-22-50(44)60-54(52)43-18-7-10-20-46(43)56-53/h1-33H. The summed E-state index contributed by atoms with van der Waals surface area (Å²) in [5.41, 5.74) is 15.0. The van der Waals surface area contributed by atoms with Crippen LogP contribution in [0.1, 0.15) is 0 Å². The summed E-state index contributed by atoms with van der Waals surface area (Å²) in [5.74, 6) is 0.653. The van der Waals surface area contributed by atoms with Crippen molar-refractivity contribution in [2.24, 2.45) is 0 Å². The maximum Gasteiger partial charge on any atom is 0.160 e. The molecule has 0 fully saturated rings. The number of hydrogen-bond acceptors (Lipinski definition) is 5. The van der Waals surface area contributed by atoms with Crippen LogP contribution in [0, 0.1) is 0 Å². The van der Waals surface area contributed by atoms with Crippen molar-refractivity contribution in [3.63, 3.8) is 0 Å². The molecule has 0 saturated heterocycles. The fourth-order valence-corrected chi connectivity index (χ4v) is 8.53. The predicted octanol–water partition coefficient (Wildman–Crippen LogP) is 14.8. The van der Waals surface area contributed by atoms with Crippen molar-refractivity contribution in [1.29, 1.82) is 0 Å². The van der Waals surface area contributed by atoms with Crippen LogP contribution in [0.4, 0.5) is 0 Å². The van der Waals surface area contributed by atoms with E-state index in [0.29, 0.717) is 5.82 Å². The Hall–Kier alpha value is -8.15. The van der Waals surface area contributed by atoms with E-state index in [4.69, 9.17) is 23.8 Å². The number of para-hydroxylation sites is 3. The quantitative estimate of drug-likeness (QED) is 0.169. The second-order valence-corrected chi connectivity index (χ2v) is 15.2. The van der Waals surface area contributed by atoms with Gasteiger partial charge in [0, 0.05) is 43.8 Å². The van der Waals surface area contributed by atoms with Gasteiger partial charge in [0.25, 0.3) is 0 Å². The van der Waals surface area contributed by atoms with Gasteiger partial charge in [-0.15, -0.1) is 0 Å². The van der Waals surface area contributed by atoms with E-state index in [1.54, 1.807) is 0 Å². The summed E-state index contributed by atoms with van der Waals surface area (Å²) in [6.45, 7) is 0. The molecular weight excluding hydrogens is 735 g/mol. The van der Waals surface area contributed by atoms with E-state index < -0.39 is 0 Å². The molecule has 0 atom stereocenters. The van der Waals surface area contributed by atoms with Gasteiger partial charge in [-0.1, -0.05) is 140 Å². The van der Waals surface area contributed by atoms with Gasteiger partial charge in [0.15, 0.2) is 5.82 Å². The molecule has 4 aromatic heterocycles. The van der Waals surface area contributed by atoms with Gasteiger partial charge >= 0.3 is 0 Å². The van der Waals surface area contributed by atoms with Crippen LogP contribution in [0.3, 0.4) is 0 Å². The van der Waals surface area contributed by atoms with Gasteiger partial charge in [-0.05, 0) is 82.9 Å². The van der Waals surface area contributed by atoms with Crippen LogP contribution in [0.25, 0.3) is 122 Å². The lowest BCUT2D eigenvalue weighted by Crippen LogP contribution is -1.97. The summed E-state index contributed by atoms with van der Waals surface area (Å²) in [6.07, 6.45) is 0. The van der Waals surface area contributed by atoms with Gasteiger partial charge in [-0.3, -0.25) is 0 Å². The molecule has 0 N–H and O–H groups in total. The van der Waals surface area contributed by atoms with Crippen LogP contribution in [-0.4, -0.2) is 15.0 Å². The topological polar surface area (TPSA) is 65.0 Å². The van der Waals surface area contributed by atoms with Gasteiger partial charge in [0.05, 0.1) is 28.0 Å². The minimum Gasteiger partial charge on any atom is -0.456 e. The van der Waals surface area contributed by atoms with Crippen molar-refractivity contribution in [2.45, 2.75) is 0 Å².